The minimum absolute atomic E-state index is 0.444. The minimum atomic E-state index is 0.444. The van der Waals surface area contributed by atoms with Gasteiger partial charge in [-0.25, -0.2) is 0 Å². The summed E-state index contributed by atoms with van der Waals surface area (Å²) in [6.07, 6.45) is 0.920. The predicted octanol–water partition coefficient (Wildman–Crippen LogP) is 3.75. The number of rotatable bonds is 6. The van der Waals surface area contributed by atoms with Crippen LogP contribution < -0.4 is 0 Å². The highest BCUT2D eigenvalue weighted by molar-refractivity contribution is 6.30. The first kappa shape index (κ1) is 17.3. The largest absolute Gasteiger partial charge is 0.381 e. The lowest BCUT2D eigenvalue weighted by Crippen LogP contribution is -2.33. The fourth-order valence-electron chi connectivity index (χ4n) is 3.22. The van der Waals surface area contributed by atoms with Gasteiger partial charge in [0, 0.05) is 30.8 Å². The first-order valence-electron chi connectivity index (χ1n) is 8.04. The molecule has 0 aliphatic carbocycles. The van der Waals surface area contributed by atoms with Crippen molar-refractivity contribution in [2.45, 2.75) is 33.2 Å². The number of likely N-dealkylation sites (tertiary alicyclic amines) is 1. The molecule has 3 unspecified atom stereocenters. The topological polar surface area (TPSA) is 36.3 Å². The number of halogens is 1. The third-order valence-electron chi connectivity index (χ3n) is 4.57. The number of nitriles is 1. The Morgan fingerprint density at radius 1 is 1.41 bits per heavy atom. The van der Waals surface area contributed by atoms with E-state index in [-0.39, 0.29) is 0 Å². The third-order valence-corrected chi connectivity index (χ3v) is 4.79. The Balaban J connectivity index is 1.97. The molecule has 1 aromatic carbocycles. The molecule has 1 aliphatic rings. The van der Waals surface area contributed by atoms with E-state index in [1.54, 1.807) is 6.07 Å². The first-order valence-corrected chi connectivity index (χ1v) is 8.42. The third kappa shape index (κ3) is 4.46. The van der Waals surface area contributed by atoms with Gasteiger partial charge in [-0.05, 0) is 55.9 Å². The van der Waals surface area contributed by atoms with Crippen molar-refractivity contribution in [3.05, 3.63) is 34.3 Å². The SMILES string of the molecule is CCOCC1CN(C(C)Cc2cc(Cl)cc(C#N)c2)CC1C. The van der Waals surface area contributed by atoms with Gasteiger partial charge in [-0.15, -0.1) is 0 Å². The Labute approximate surface area is 138 Å². The molecule has 1 saturated heterocycles. The Kier molecular flexibility index (Phi) is 6.26. The van der Waals surface area contributed by atoms with E-state index < -0.39 is 0 Å². The summed E-state index contributed by atoms with van der Waals surface area (Å²) >= 11 is 6.09. The van der Waals surface area contributed by atoms with Gasteiger partial charge in [-0.1, -0.05) is 18.5 Å². The van der Waals surface area contributed by atoms with Crippen molar-refractivity contribution in [1.82, 2.24) is 4.90 Å². The van der Waals surface area contributed by atoms with Crippen LogP contribution in [0.15, 0.2) is 18.2 Å². The number of benzene rings is 1. The number of nitrogens with zero attached hydrogens (tertiary/aromatic N) is 2. The second-order valence-corrected chi connectivity index (χ2v) is 6.80. The number of hydrogen-bond acceptors (Lipinski definition) is 3. The first-order chi connectivity index (χ1) is 10.5. The van der Waals surface area contributed by atoms with Gasteiger partial charge in [0.1, 0.15) is 0 Å². The van der Waals surface area contributed by atoms with Crippen LogP contribution in [-0.4, -0.2) is 37.2 Å². The van der Waals surface area contributed by atoms with E-state index in [0.717, 1.165) is 38.3 Å². The molecule has 120 valence electrons. The van der Waals surface area contributed by atoms with E-state index >= 15 is 0 Å². The van der Waals surface area contributed by atoms with E-state index in [2.05, 4.69) is 24.8 Å². The molecule has 4 heteroatoms. The maximum Gasteiger partial charge on any atom is 0.0992 e. The van der Waals surface area contributed by atoms with E-state index in [9.17, 15) is 0 Å². The lowest BCUT2D eigenvalue weighted by Gasteiger charge is -2.24. The lowest BCUT2D eigenvalue weighted by atomic mass is 9.99. The van der Waals surface area contributed by atoms with Gasteiger partial charge in [-0.2, -0.15) is 5.26 Å². The van der Waals surface area contributed by atoms with Gasteiger partial charge in [0.05, 0.1) is 18.2 Å². The molecule has 0 bridgehead atoms. The van der Waals surface area contributed by atoms with Crippen molar-refractivity contribution in [2.24, 2.45) is 11.8 Å². The van der Waals surface area contributed by atoms with Crippen molar-refractivity contribution in [1.29, 1.82) is 5.26 Å². The lowest BCUT2D eigenvalue weighted by molar-refractivity contribution is 0.1000. The molecule has 3 nitrogen and oxygen atoms in total. The van der Waals surface area contributed by atoms with E-state index in [1.807, 2.05) is 19.1 Å². The summed E-state index contributed by atoms with van der Waals surface area (Å²) in [6, 6.07) is 8.24. The summed E-state index contributed by atoms with van der Waals surface area (Å²) in [5, 5.41) is 9.69. The summed E-state index contributed by atoms with van der Waals surface area (Å²) in [7, 11) is 0. The summed E-state index contributed by atoms with van der Waals surface area (Å²) in [4.78, 5) is 2.53. The second-order valence-electron chi connectivity index (χ2n) is 6.36. The molecule has 1 aromatic rings. The molecule has 0 spiro atoms. The second kappa shape index (κ2) is 7.97. The molecular weight excluding hydrogens is 296 g/mol. The van der Waals surface area contributed by atoms with Gasteiger partial charge < -0.3 is 4.74 Å². The van der Waals surface area contributed by atoms with Crippen molar-refractivity contribution in [2.75, 3.05) is 26.3 Å². The molecule has 1 aliphatic heterocycles. The fraction of sp³-hybridized carbons (Fsp3) is 0.611. The molecule has 0 saturated carbocycles. The van der Waals surface area contributed by atoms with Gasteiger partial charge in [-0.3, -0.25) is 4.90 Å². The zero-order valence-electron chi connectivity index (χ0n) is 13.7. The van der Waals surface area contributed by atoms with Crippen LogP contribution >= 0.6 is 11.6 Å². The van der Waals surface area contributed by atoms with Crippen LogP contribution in [0.1, 0.15) is 31.9 Å². The van der Waals surface area contributed by atoms with Gasteiger partial charge in [0.15, 0.2) is 0 Å². The minimum Gasteiger partial charge on any atom is -0.381 e. The summed E-state index contributed by atoms with van der Waals surface area (Å²) in [6.45, 7) is 10.5. The zero-order valence-corrected chi connectivity index (χ0v) is 14.4. The van der Waals surface area contributed by atoms with Crippen LogP contribution in [0, 0.1) is 23.2 Å². The molecule has 3 atom stereocenters. The molecule has 0 radical (unpaired) electrons. The quantitative estimate of drug-likeness (QED) is 0.801. The zero-order chi connectivity index (χ0) is 16.1. The molecule has 1 fully saturated rings. The van der Waals surface area contributed by atoms with Gasteiger partial charge in [0.25, 0.3) is 0 Å². The Bertz CT molecular complexity index is 540. The Hall–Kier alpha value is -1.08. The van der Waals surface area contributed by atoms with Crippen LogP contribution in [0.5, 0.6) is 0 Å². The summed E-state index contributed by atoms with van der Waals surface area (Å²) in [5.74, 6) is 1.29. The molecule has 2 rings (SSSR count). The molecule has 0 N–H and O–H groups in total. The van der Waals surface area contributed by atoms with Crippen LogP contribution in [-0.2, 0) is 11.2 Å². The van der Waals surface area contributed by atoms with Gasteiger partial charge in [0.2, 0.25) is 0 Å². The van der Waals surface area contributed by atoms with Crippen molar-refractivity contribution < 1.29 is 4.74 Å². The summed E-state index contributed by atoms with van der Waals surface area (Å²) < 4.78 is 5.60. The molecule has 22 heavy (non-hydrogen) atoms. The normalized spacial score (nSPS) is 23.4. The molecule has 1 heterocycles. The van der Waals surface area contributed by atoms with Crippen molar-refractivity contribution >= 4 is 11.6 Å². The van der Waals surface area contributed by atoms with Crippen molar-refractivity contribution in [3.8, 4) is 6.07 Å². The average molecular weight is 321 g/mol. The Morgan fingerprint density at radius 3 is 2.86 bits per heavy atom. The molecular formula is C18H25ClN2O. The van der Waals surface area contributed by atoms with Crippen LogP contribution in [0.25, 0.3) is 0 Å². The van der Waals surface area contributed by atoms with E-state index in [4.69, 9.17) is 21.6 Å². The van der Waals surface area contributed by atoms with Crippen LogP contribution in [0.3, 0.4) is 0 Å². The maximum absolute atomic E-state index is 9.05. The average Bonchev–Trinajstić information content (AvgIpc) is 2.85. The molecule has 0 amide bonds. The summed E-state index contributed by atoms with van der Waals surface area (Å²) in [5.41, 5.74) is 1.77. The number of hydrogen-bond donors (Lipinski definition) is 0. The van der Waals surface area contributed by atoms with Crippen LogP contribution in [0.2, 0.25) is 5.02 Å². The van der Waals surface area contributed by atoms with Crippen molar-refractivity contribution in [3.63, 3.8) is 0 Å². The highest BCUT2D eigenvalue weighted by Gasteiger charge is 2.32. The standard InChI is InChI=1S/C18H25ClN2O/c1-4-22-12-17-11-21(10-13(17)2)14(3)5-15-6-16(9-20)8-18(19)7-15/h6-8,13-14,17H,4-5,10-12H2,1-3H3. The number of ether oxygens (including phenoxy) is 1. The van der Waals surface area contributed by atoms with E-state index in [1.165, 1.54) is 0 Å². The monoisotopic (exact) mass is 320 g/mol. The van der Waals surface area contributed by atoms with Crippen LogP contribution in [0.4, 0.5) is 0 Å². The Morgan fingerprint density at radius 2 is 2.18 bits per heavy atom. The van der Waals surface area contributed by atoms with E-state index in [0.29, 0.717) is 28.5 Å². The van der Waals surface area contributed by atoms with Gasteiger partial charge >= 0.3 is 0 Å². The predicted molar refractivity (Wildman–Crippen MR) is 90.1 cm³/mol. The highest BCUT2D eigenvalue weighted by Crippen LogP contribution is 2.26. The maximum atomic E-state index is 9.05. The highest BCUT2D eigenvalue weighted by atomic mass is 35.5. The fourth-order valence-corrected chi connectivity index (χ4v) is 3.48. The smallest absolute Gasteiger partial charge is 0.0992 e. The molecule has 0 aromatic heterocycles.